The fourth-order valence-electron chi connectivity index (χ4n) is 9.14. The number of hydrogen-bond acceptors (Lipinski definition) is 8. The first-order valence-corrected chi connectivity index (χ1v) is 20.3. The molecule has 4 aliphatic rings. The number of hydrogen-bond donors (Lipinski definition) is 2. The summed E-state index contributed by atoms with van der Waals surface area (Å²) in [7, 11) is 2.94. The van der Waals surface area contributed by atoms with Gasteiger partial charge in [0.25, 0.3) is 11.8 Å². The van der Waals surface area contributed by atoms with Crippen LogP contribution in [0, 0.1) is 30.6 Å². The minimum atomic E-state index is -1.63. The van der Waals surface area contributed by atoms with E-state index in [-0.39, 0.29) is 45.4 Å². The van der Waals surface area contributed by atoms with E-state index in [4.69, 9.17) is 44.3 Å². The van der Waals surface area contributed by atoms with Crippen LogP contribution in [0.3, 0.4) is 0 Å². The van der Waals surface area contributed by atoms with Crippen LogP contribution in [0.4, 0.5) is 11.4 Å². The van der Waals surface area contributed by atoms with Crippen LogP contribution < -0.4 is 19.8 Å². The topological polar surface area (TPSA) is 125 Å². The Bertz CT molecular complexity index is 2410. The molecule has 2 N–H and O–H groups in total. The summed E-state index contributed by atoms with van der Waals surface area (Å²) in [6.07, 6.45) is 2.20. The van der Waals surface area contributed by atoms with Crippen LogP contribution in [0.15, 0.2) is 87.3 Å². The molecule has 4 aromatic carbocycles. The Hall–Kier alpha value is -4.07. The Morgan fingerprint density at radius 1 is 0.839 bits per heavy atom. The van der Waals surface area contributed by atoms with E-state index in [9.17, 15) is 14.7 Å². The highest BCUT2D eigenvalue weighted by Gasteiger charge is 2.70. The maximum Gasteiger partial charge on any atom is 0.260 e. The van der Waals surface area contributed by atoms with Crippen molar-refractivity contribution in [2.45, 2.75) is 31.1 Å². The molecule has 2 heterocycles. The zero-order valence-electron chi connectivity index (χ0n) is 29.9. The third-order valence-corrected chi connectivity index (χ3v) is 14.8. The number of aryl methyl sites for hydroxylation is 1. The monoisotopic (exact) mass is 941 g/mol. The number of carbonyl (C=O) groups excluding carboxylic acids is 4. The molecule has 8 rings (SSSR count). The quantitative estimate of drug-likeness (QED) is 0.139. The fourth-order valence-corrected chi connectivity index (χ4v) is 10.7. The van der Waals surface area contributed by atoms with Gasteiger partial charge in [0.15, 0.2) is 11.5 Å². The van der Waals surface area contributed by atoms with Gasteiger partial charge in [-0.05, 0) is 123 Å². The van der Waals surface area contributed by atoms with E-state index in [1.807, 2.05) is 13.0 Å². The van der Waals surface area contributed by atoms with Gasteiger partial charge in [0.1, 0.15) is 5.75 Å². The summed E-state index contributed by atoms with van der Waals surface area (Å²) in [5, 5.41) is 13.0. The summed E-state index contributed by atoms with van der Waals surface area (Å²) in [4.78, 5) is 60.8. The van der Waals surface area contributed by atoms with Gasteiger partial charge in [-0.25, -0.2) is 4.90 Å². The Morgan fingerprint density at radius 2 is 1.57 bits per heavy atom. The summed E-state index contributed by atoms with van der Waals surface area (Å²) in [6, 6.07) is 18.4. The molecule has 1 saturated carbocycles. The van der Waals surface area contributed by atoms with Gasteiger partial charge < -0.3 is 14.6 Å². The Morgan fingerprint density at radius 3 is 2.23 bits per heavy atom. The van der Waals surface area contributed by atoms with Gasteiger partial charge in [-0.15, -0.1) is 0 Å². The smallest absolute Gasteiger partial charge is 0.260 e. The van der Waals surface area contributed by atoms with Crippen LogP contribution >= 0.6 is 66.7 Å². The summed E-state index contributed by atoms with van der Waals surface area (Å²) >= 11 is 26.5. The highest BCUT2D eigenvalue weighted by molar-refractivity contribution is 9.13. The van der Waals surface area contributed by atoms with E-state index in [0.717, 1.165) is 10.6 Å². The van der Waals surface area contributed by atoms with E-state index in [1.165, 1.54) is 25.2 Å². The number of halogens is 5. The molecule has 0 aromatic heterocycles. The highest BCUT2D eigenvalue weighted by Crippen LogP contribution is 2.66. The van der Waals surface area contributed by atoms with Crippen LogP contribution in [-0.4, -0.2) is 48.0 Å². The number of phenols is 1. The molecule has 288 valence electrons. The molecule has 2 aliphatic heterocycles. The third-order valence-electron chi connectivity index (χ3n) is 11.7. The normalized spacial score (nSPS) is 25.5. The lowest BCUT2D eigenvalue weighted by atomic mass is 9.49. The fraction of sp³-hybridized carbons (Fsp3) is 0.268. The minimum Gasteiger partial charge on any atom is -0.503 e. The molecule has 4 amide bonds. The van der Waals surface area contributed by atoms with Gasteiger partial charge in [0, 0.05) is 20.4 Å². The number of anilines is 2. The first-order valence-electron chi connectivity index (χ1n) is 17.6. The van der Waals surface area contributed by atoms with Crippen molar-refractivity contribution in [3.05, 3.63) is 119 Å². The number of aromatic hydroxyl groups is 1. The molecule has 0 unspecified atom stereocenters. The standard InChI is InChI=1S/C41H32Br2Cl3N3O7/c1-18-4-8-21(15-28(18)45)48-37(51)24-12-11-23-25(32(24)39(48)53)16-27-38(52)49(47-30-13-7-20(44)14-29(30)46)40(54)41(27,19-5-9-22(55-2)10-6-19)33(23)26-17-31(56-3)36(50)35(43)34(26)42/h4-11,13-15,17,24-25,27,32-33,47,50H,12,16H2,1-3H3/t24-,25+,27-,32-,33+,41+/m0/s1. The maximum atomic E-state index is 15.6. The van der Waals surface area contributed by atoms with Crippen molar-refractivity contribution in [3.63, 3.8) is 0 Å². The van der Waals surface area contributed by atoms with E-state index in [0.29, 0.717) is 42.7 Å². The number of ether oxygens (including phenoxy) is 2. The van der Waals surface area contributed by atoms with Gasteiger partial charge in [-0.1, -0.05) is 64.7 Å². The van der Waals surface area contributed by atoms with Crippen molar-refractivity contribution >= 4 is 102 Å². The van der Waals surface area contributed by atoms with Gasteiger partial charge in [0.05, 0.1) is 58.3 Å². The van der Waals surface area contributed by atoms with Crippen molar-refractivity contribution < 1.29 is 33.8 Å². The zero-order chi connectivity index (χ0) is 40.0. The Kier molecular flexibility index (Phi) is 9.97. The van der Waals surface area contributed by atoms with Crippen LogP contribution in [0.5, 0.6) is 17.2 Å². The predicted molar refractivity (Wildman–Crippen MR) is 219 cm³/mol. The van der Waals surface area contributed by atoms with Crippen molar-refractivity contribution in [3.8, 4) is 17.2 Å². The number of carbonyl (C=O) groups is 4. The first kappa shape index (κ1) is 38.8. The van der Waals surface area contributed by atoms with E-state index >= 15 is 9.59 Å². The number of benzene rings is 4. The molecule has 0 spiro atoms. The van der Waals surface area contributed by atoms with Crippen molar-refractivity contribution in [2.75, 3.05) is 24.5 Å². The molecule has 4 aromatic rings. The molecule has 15 heteroatoms. The van der Waals surface area contributed by atoms with Crippen molar-refractivity contribution in [1.29, 1.82) is 0 Å². The number of fused-ring (bicyclic) bond motifs is 4. The SMILES string of the molecule is COc1ccc([C@@]23C(=O)N(Nc4ccc(Cl)cc4Cl)C(=O)[C@@H]2C[C@@H]2C(=CC[C@@H]4C(=O)N(c5ccc(C)c(Cl)c5)C(=O)[C@@H]42)[C@@H]3c2cc(OC)c(O)c(Br)c2Br)cc1. The number of rotatable bonds is 7. The van der Waals surface area contributed by atoms with E-state index < -0.39 is 52.7 Å². The molecule has 6 atom stereocenters. The van der Waals surface area contributed by atoms with Crippen molar-refractivity contribution in [2.24, 2.45) is 23.7 Å². The number of allylic oxidation sites excluding steroid dienone is 2. The molecule has 3 fully saturated rings. The number of nitrogens with zero attached hydrogens (tertiary/aromatic N) is 2. The Balaban J connectivity index is 1.37. The number of phenolic OH excluding ortho intramolecular Hbond substituents is 1. The van der Waals surface area contributed by atoms with Crippen LogP contribution in [0.25, 0.3) is 0 Å². The van der Waals surface area contributed by atoms with Gasteiger partial charge >= 0.3 is 0 Å². The number of amides is 4. The van der Waals surface area contributed by atoms with E-state index in [1.54, 1.807) is 60.7 Å². The second-order valence-electron chi connectivity index (χ2n) is 14.3. The number of hydrazine groups is 1. The third kappa shape index (κ3) is 5.69. The average Bonchev–Trinajstić information content (AvgIpc) is 3.57. The minimum absolute atomic E-state index is 0.0577. The number of methoxy groups -OCH3 is 2. The van der Waals surface area contributed by atoms with Crippen LogP contribution in [0.1, 0.15) is 35.4 Å². The predicted octanol–water partition coefficient (Wildman–Crippen LogP) is 9.39. The van der Waals surface area contributed by atoms with Crippen LogP contribution in [-0.2, 0) is 24.6 Å². The molecular weight excluding hydrogens is 913 g/mol. The Labute approximate surface area is 353 Å². The highest BCUT2D eigenvalue weighted by atomic mass is 79.9. The zero-order valence-corrected chi connectivity index (χ0v) is 35.3. The maximum absolute atomic E-state index is 15.6. The number of imide groups is 2. The molecule has 2 saturated heterocycles. The van der Waals surface area contributed by atoms with E-state index in [2.05, 4.69) is 37.3 Å². The summed E-state index contributed by atoms with van der Waals surface area (Å²) in [5.74, 6) is -5.65. The van der Waals surface area contributed by atoms with Gasteiger partial charge in [0.2, 0.25) is 11.8 Å². The van der Waals surface area contributed by atoms with Crippen LogP contribution in [0.2, 0.25) is 15.1 Å². The summed E-state index contributed by atoms with van der Waals surface area (Å²) < 4.78 is 11.8. The molecule has 56 heavy (non-hydrogen) atoms. The second-order valence-corrected chi connectivity index (χ2v) is 17.1. The summed E-state index contributed by atoms with van der Waals surface area (Å²) in [6.45, 7) is 1.83. The molecular formula is C41H32Br2Cl3N3O7. The molecule has 0 bridgehead atoms. The number of nitrogens with one attached hydrogen (secondary N) is 1. The van der Waals surface area contributed by atoms with Gasteiger partial charge in [-0.3, -0.25) is 24.6 Å². The second kappa shape index (κ2) is 14.4. The molecule has 2 aliphatic carbocycles. The molecule has 0 radical (unpaired) electrons. The first-order chi connectivity index (χ1) is 26.7. The lowest BCUT2D eigenvalue weighted by molar-refractivity contribution is -0.138. The molecule has 10 nitrogen and oxygen atoms in total. The van der Waals surface area contributed by atoms with Crippen molar-refractivity contribution in [1.82, 2.24) is 5.01 Å². The lowest BCUT2D eigenvalue weighted by Crippen LogP contribution is -2.53. The largest absolute Gasteiger partial charge is 0.503 e. The van der Waals surface area contributed by atoms with Gasteiger partial charge in [-0.2, -0.15) is 5.01 Å². The lowest BCUT2D eigenvalue weighted by Gasteiger charge is -2.51. The summed E-state index contributed by atoms with van der Waals surface area (Å²) in [5.41, 5.74) is 4.52. The average molecular weight is 945 g/mol.